The number of carbonyl (C=O) groups excluding carboxylic acids is 1. The summed E-state index contributed by atoms with van der Waals surface area (Å²) in [5.74, 6) is -0.267. The number of nitrogens with two attached hydrogens (primary N) is 1. The average Bonchev–Trinajstić information content (AvgIpc) is 2.60. The highest BCUT2D eigenvalue weighted by Crippen LogP contribution is 2.16. The summed E-state index contributed by atoms with van der Waals surface area (Å²) in [7, 11) is 0. The quantitative estimate of drug-likeness (QED) is 0.797. The molecular weight excluding hydrogens is 220 g/mol. The number of amides is 1. The molecular formula is C12H20N2OS. The van der Waals surface area contributed by atoms with Crippen LogP contribution in [0, 0.1) is 6.92 Å². The van der Waals surface area contributed by atoms with Crippen molar-refractivity contribution in [3.8, 4) is 0 Å². The van der Waals surface area contributed by atoms with Crippen molar-refractivity contribution >= 4 is 17.2 Å². The number of primary amides is 1. The third-order valence-electron chi connectivity index (χ3n) is 2.54. The van der Waals surface area contributed by atoms with Crippen LogP contribution in [0.4, 0.5) is 0 Å². The molecule has 0 aliphatic heterocycles. The van der Waals surface area contributed by atoms with Gasteiger partial charge in [-0.2, -0.15) is 0 Å². The molecule has 1 aromatic heterocycles. The van der Waals surface area contributed by atoms with Gasteiger partial charge in [0, 0.05) is 15.8 Å². The minimum absolute atomic E-state index is 0.212. The van der Waals surface area contributed by atoms with E-state index in [4.69, 9.17) is 5.73 Å². The lowest BCUT2D eigenvalue weighted by atomic mass is 10.1. The van der Waals surface area contributed by atoms with E-state index < -0.39 is 0 Å². The molecule has 0 saturated heterocycles. The van der Waals surface area contributed by atoms with Crippen molar-refractivity contribution in [2.24, 2.45) is 5.73 Å². The molecule has 1 aromatic rings. The molecule has 3 N–H and O–H groups in total. The molecule has 1 amide bonds. The van der Waals surface area contributed by atoms with Gasteiger partial charge < -0.3 is 11.1 Å². The summed E-state index contributed by atoms with van der Waals surface area (Å²) in [6, 6.07) is 4.33. The number of hydrogen-bond acceptors (Lipinski definition) is 3. The number of rotatable bonds is 6. The highest BCUT2D eigenvalue weighted by Gasteiger charge is 2.15. The van der Waals surface area contributed by atoms with Gasteiger partial charge in [-0.05, 0) is 38.8 Å². The fourth-order valence-corrected chi connectivity index (χ4v) is 2.72. The molecule has 0 fully saturated rings. The van der Waals surface area contributed by atoms with E-state index in [9.17, 15) is 4.79 Å². The van der Waals surface area contributed by atoms with Crippen molar-refractivity contribution in [2.75, 3.05) is 0 Å². The molecule has 4 heteroatoms. The van der Waals surface area contributed by atoms with Crippen molar-refractivity contribution in [1.29, 1.82) is 0 Å². The SMILES string of the molecule is CCC(NC(C)Cc1ccc(C)s1)C(N)=O. The second-order valence-electron chi connectivity index (χ2n) is 4.15. The molecule has 0 radical (unpaired) electrons. The van der Waals surface area contributed by atoms with Gasteiger partial charge in [-0.25, -0.2) is 0 Å². The van der Waals surface area contributed by atoms with Crippen LogP contribution < -0.4 is 11.1 Å². The lowest BCUT2D eigenvalue weighted by Gasteiger charge is -2.19. The maximum absolute atomic E-state index is 11.1. The summed E-state index contributed by atoms with van der Waals surface area (Å²) < 4.78 is 0. The first-order valence-corrected chi connectivity index (χ1v) is 6.45. The lowest BCUT2D eigenvalue weighted by Crippen LogP contribution is -2.45. The number of aryl methyl sites for hydroxylation is 1. The van der Waals surface area contributed by atoms with Gasteiger partial charge in [0.25, 0.3) is 0 Å². The van der Waals surface area contributed by atoms with Crippen molar-refractivity contribution in [3.05, 3.63) is 21.9 Å². The van der Waals surface area contributed by atoms with Crippen LogP contribution in [-0.4, -0.2) is 18.0 Å². The summed E-state index contributed by atoms with van der Waals surface area (Å²) in [6.07, 6.45) is 1.69. The van der Waals surface area contributed by atoms with E-state index >= 15 is 0 Å². The van der Waals surface area contributed by atoms with Gasteiger partial charge in [0.1, 0.15) is 0 Å². The monoisotopic (exact) mass is 240 g/mol. The predicted octanol–water partition coefficient (Wildman–Crippen LogP) is 1.84. The van der Waals surface area contributed by atoms with Gasteiger partial charge in [-0.3, -0.25) is 4.79 Å². The maximum Gasteiger partial charge on any atom is 0.234 e. The van der Waals surface area contributed by atoms with Crippen LogP contribution in [0.3, 0.4) is 0 Å². The molecule has 0 aliphatic rings. The highest BCUT2D eigenvalue weighted by molar-refractivity contribution is 7.11. The summed E-state index contributed by atoms with van der Waals surface area (Å²) in [4.78, 5) is 13.8. The average molecular weight is 240 g/mol. The molecule has 0 aromatic carbocycles. The van der Waals surface area contributed by atoms with E-state index in [1.54, 1.807) is 11.3 Å². The number of nitrogens with one attached hydrogen (secondary N) is 1. The first kappa shape index (κ1) is 13.2. The van der Waals surface area contributed by atoms with Gasteiger partial charge in [0.15, 0.2) is 0 Å². The van der Waals surface area contributed by atoms with Crippen molar-refractivity contribution in [2.45, 2.75) is 45.7 Å². The standard InChI is InChI=1S/C12H20N2OS/c1-4-11(12(13)15)14-8(2)7-10-6-5-9(3)16-10/h5-6,8,11,14H,4,7H2,1-3H3,(H2,13,15). The number of thiophene rings is 1. The Bertz CT molecular complexity index is 349. The van der Waals surface area contributed by atoms with Gasteiger partial charge in [-0.15, -0.1) is 11.3 Å². The van der Waals surface area contributed by atoms with Crippen LogP contribution in [0.15, 0.2) is 12.1 Å². The zero-order valence-corrected chi connectivity index (χ0v) is 10.9. The molecule has 3 nitrogen and oxygen atoms in total. The Hall–Kier alpha value is -0.870. The Morgan fingerprint density at radius 3 is 2.69 bits per heavy atom. The minimum Gasteiger partial charge on any atom is -0.368 e. The van der Waals surface area contributed by atoms with Crippen molar-refractivity contribution < 1.29 is 4.79 Å². The number of carbonyl (C=O) groups is 1. The first-order chi connectivity index (χ1) is 7.52. The zero-order valence-electron chi connectivity index (χ0n) is 10.1. The second kappa shape index (κ2) is 6.01. The Morgan fingerprint density at radius 2 is 2.25 bits per heavy atom. The molecule has 0 spiro atoms. The van der Waals surface area contributed by atoms with E-state index in [1.165, 1.54) is 9.75 Å². The third kappa shape index (κ3) is 3.94. The largest absolute Gasteiger partial charge is 0.368 e. The molecule has 2 atom stereocenters. The Labute approximate surface area is 101 Å². The van der Waals surface area contributed by atoms with E-state index in [2.05, 4.69) is 31.3 Å². The smallest absolute Gasteiger partial charge is 0.234 e. The van der Waals surface area contributed by atoms with Crippen LogP contribution in [0.5, 0.6) is 0 Å². The molecule has 2 unspecified atom stereocenters. The fraction of sp³-hybridized carbons (Fsp3) is 0.583. The molecule has 16 heavy (non-hydrogen) atoms. The van der Waals surface area contributed by atoms with Crippen LogP contribution in [0.1, 0.15) is 30.0 Å². The van der Waals surface area contributed by atoms with Gasteiger partial charge >= 0.3 is 0 Å². The van der Waals surface area contributed by atoms with Crippen LogP contribution in [0.25, 0.3) is 0 Å². The molecule has 0 bridgehead atoms. The summed E-state index contributed by atoms with van der Waals surface area (Å²) in [5.41, 5.74) is 5.29. The van der Waals surface area contributed by atoms with Crippen molar-refractivity contribution in [3.63, 3.8) is 0 Å². The Morgan fingerprint density at radius 1 is 1.56 bits per heavy atom. The van der Waals surface area contributed by atoms with Crippen LogP contribution in [0.2, 0.25) is 0 Å². The molecule has 1 heterocycles. The second-order valence-corrected chi connectivity index (χ2v) is 5.52. The maximum atomic E-state index is 11.1. The lowest BCUT2D eigenvalue weighted by molar-refractivity contribution is -0.120. The van der Waals surface area contributed by atoms with Gasteiger partial charge in [-0.1, -0.05) is 6.92 Å². The summed E-state index contributed by atoms with van der Waals surface area (Å²) in [6.45, 7) is 6.15. The summed E-state index contributed by atoms with van der Waals surface area (Å²) >= 11 is 1.80. The highest BCUT2D eigenvalue weighted by atomic mass is 32.1. The van der Waals surface area contributed by atoms with E-state index in [1.807, 2.05) is 6.92 Å². The van der Waals surface area contributed by atoms with E-state index in [0.29, 0.717) is 0 Å². The van der Waals surface area contributed by atoms with Gasteiger partial charge in [0.2, 0.25) is 5.91 Å². The first-order valence-electron chi connectivity index (χ1n) is 5.63. The van der Waals surface area contributed by atoms with Crippen molar-refractivity contribution in [1.82, 2.24) is 5.32 Å². The van der Waals surface area contributed by atoms with E-state index in [-0.39, 0.29) is 18.0 Å². The fourth-order valence-electron chi connectivity index (χ4n) is 1.70. The minimum atomic E-state index is -0.267. The zero-order chi connectivity index (χ0) is 12.1. The molecule has 0 aliphatic carbocycles. The van der Waals surface area contributed by atoms with E-state index in [0.717, 1.165) is 12.8 Å². The van der Waals surface area contributed by atoms with Crippen LogP contribution in [-0.2, 0) is 11.2 Å². The Kier molecular flexibility index (Phi) is 4.96. The molecule has 90 valence electrons. The molecule has 1 rings (SSSR count). The Balaban J connectivity index is 2.46. The van der Waals surface area contributed by atoms with Crippen LogP contribution >= 0.6 is 11.3 Å². The topological polar surface area (TPSA) is 55.1 Å². The third-order valence-corrected chi connectivity index (χ3v) is 3.56. The predicted molar refractivity (Wildman–Crippen MR) is 68.6 cm³/mol. The summed E-state index contributed by atoms with van der Waals surface area (Å²) in [5, 5.41) is 3.26. The normalized spacial score (nSPS) is 14.7. The van der Waals surface area contributed by atoms with Gasteiger partial charge in [0.05, 0.1) is 6.04 Å². The number of hydrogen-bond donors (Lipinski definition) is 2. The molecule has 0 saturated carbocycles.